The van der Waals surface area contributed by atoms with Crippen LogP contribution < -0.4 is 11.1 Å². The van der Waals surface area contributed by atoms with Crippen LogP contribution in [0.25, 0.3) is 11.1 Å². The number of fused-ring (bicyclic) bond motifs is 1. The van der Waals surface area contributed by atoms with Gasteiger partial charge in [0.15, 0.2) is 11.5 Å². The first-order chi connectivity index (χ1) is 9.06. The summed E-state index contributed by atoms with van der Waals surface area (Å²) in [6.45, 7) is 2.75. The lowest BCUT2D eigenvalue weighted by molar-refractivity contribution is -0.138. The first kappa shape index (κ1) is 13.5. The summed E-state index contributed by atoms with van der Waals surface area (Å²) in [5.74, 6) is -0.343. The molecule has 1 unspecified atom stereocenters. The SMILES string of the molecule is Cc1nc2cc(CCNCC(N)C(=O)O)ccc2o1. The van der Waals surface area contributed by atoms with Gasteiger partial charge in [0.1, 0.15) is 11.6 Å². The summed E-state index contributed by atoms with van der Waals surface area (Å²) < 4.78 is 5.40. The van der Waals surface area contributed by atoms with Crippen LogP contribution in [0.1, 0.15) is 11.5 Å². The Morgan fingerprint density at radius 1 is 1.58 bits per heavy atom. The van der Waals surface area contributed by atoms with Crippen LogP contribution in [0.15, 0.2) is 22.6 Å². The third kappa shape index (κ3) is 3.52. The largest absolute Gasteiger partial charge is 0.480 e. The van der Waals surface area contributed by atoms with Gasteiger partial charge in [0, 0.05) is 13.5 Å². The summed E-state index contributed by atoms with van der Waals surface area (Å²) in [6.07, 6.45) is 0.786. The van der Waals surface area contributed by atoms with Gasteiger partial charge in [-0.1, -0.05) is 6.07 Å². The van der Waals surface area contributed by atoms with E-state index in [-0.39, 0.29) is 6.54 Å². The number of aryl methyl sites for hydroxylation is 1. The Morgan fingerprint density at radius 3 is 3.11 bits per heavy atom. The number of carboxylic acid groups (broad SMARTS) is 1. The van der Waals surface area contributed by atoms with E-state index in [4.69, 9.17) is 15.3 Å². The number of aromatic nitrogens is 1. The minimum absolute atomic E-state index is 0.265. The summed E-state index contributed by atoms with van der Waals surface area (Å²) >= 11 is 0. The van der Waals surface area contributed by atoms with Crippen molar-refractivity contribution in [2.75, 3.05) is 13.1 Å². The standard InChI is InChI=1S/C13H17N3O3/c1-8-16-11-6-9(2-3-12(11)19-8)4-5-15-7-10(14)13(17)18/h2-3,6,10,15H,4-5,7,14H2,1H3,(H,17,18). The van der Waals surface area contributed by atoms with E-state index in [1.165, 1.54) is 0 Å². The number of hydrogen-bond donors (Lipinski definition) is 3. The first-order valence-corrected chi connectivity index (χ1v) is 6.11. The Kier molecular flexibility index (Phi) is 4.13. The van der Waals surface area contributed by atoms with Gasteiger partial charge in [0.2, 0.25) is 0 Å². The van der Waals surface area contributed by atoms with Crippen LogP contribution in [0, 0.1) is 6.92 Å². The molecule has 6 heteroatoms. The van der Waals surface area contributed by atoms with E-state index in [9.17, 15) is 4.79 Å². The van der Waals surface area contributed by atoms with E-state index >= 15 is 0 Å². The second-order valence-electron chi connectivity index (χ2n) is 4.43. The van der Waals surface area contributed by atoms with Crippen molar-refractivity contribution in [1.29, 1.82) is 0 Å². The van der Waals surface area contributed by atoms with Crippen molar-refractivity contribution in [1.82, 2.24) is 10.3 Å². The molecule has 0 saturated carbocycles. The second kappa shape index (κ2) is 5.81. The maximum atomic E-state index is 10.5. The van der Waals surface area contributed by atoms with Crippen LogP contribution in [0.4, 0.5) is 0 Å². The molecule has 0 radical (unpaired) electrons. The molecule has 0 aliphatic rings. The molecule has 0 bridgehead atoms. The minimum Gasteiger partial charge on any atom is -0.480 e. The highest BCUT2D eigenvalue weighted by molar-refractivity contribution is 5.73. The number of carbonyl (C=O) groups is 1. The van der Waals surface area contributed by atoms with Crippen molar-refractivity contribution in [3.63, 3.8) is 0 Å². The predicted molar refractivity (Wildman–Crippen MR) is 70.9 cm³/mol. The average molecular weight is 263 g/mol. The van der Waals surface area contributed by atoms with Crippen molar-refractivity contribution >= 4 is 17.1 Å². The van der Waals surface area contributed by atoms with Gasteiger partial charge in [0.25, 0.3) is 0 Å². The molecule has 2 aromatic rings. The van der Waals surface area contributed by atoms with E-state index in [1.54, 1.807) is 0 Å². The Morgan fingerprint density at radius 2 is 2.37 bits per heavy atom. The van der Waals surface area contributed by atoms with Crippen molar-refractivity contribution < 1.29 is 14.3 Å². The number of hydrogen-bond acceptors (Lipinski definition) is 5. The van der Waals surface area contributed by atoms with Crippen molar-refractivity contribution in [3.05, 3.63) is 29.7 Å². The highest BCUT2D eigenvalue weighted by Crippen LogP contribution is 2.16. The molecule has 102 valence electrons. The summed E-state index contributed by atoms with van der Waals surface area (Å²) in [5.41, 5.74) is 8.14. The third-order valence-electron chi connectivity index (χ3n) is 2.83. The minimum atomic E-state index is -0.994. The van der Waals surface area contributed by atoms with Crippen molar-refractivity contribution in [3.8, 4) is 0 Å². The van der Waals surface area contributed by atoms with Crippen molar-refractivity contribution in [2.45, 2.75) is 19.4 Å². The average Bonchev–Trinajstić information content (AvgIpc) is 2.73. The van der Waals surface area contributed by atoms with E-state index in [2.05, 4.69) is 10.3 Å². The Hall–Kier alpha value is -1.92. The van der Waals surface area contributed by atoms with Gasteiger partial charge in [-0.15, -0.1) is 0 Å². The molecule has 6 nitrogen and oxygen atoms in total. The lowest BCUT2D eigenvalue weighted by Crippen LogP contribution is -2.40. The topological polar surface area (TPSA) is 101 Å². The highest BCUT2D eigenvalue weighted by atomic mass is 16.4. The molecule has 0 fully saturated rings. The van der Waals surface area contributed by atoms with E-state index in [0.29, 0.717) is 12.4 Å². The van der Waals surface area contributed by atoms with Crippen LogP contribution in [0.5, 0.6) is 0 Å². The van der Waals surface area contributed by atoms with E-state index in [1.807, 2.05) is 25.1 Å². The number of benzene rings is 1. The molecule has 1 atom stereocenters. The number of oxazole rings is 1. The van der Waals surface area contributed by atoms with Crippen LogP contribution in [-0.4, -0.2) is 35.2 Å². The smallest absolute Gasteiger partial charge is 0.321 e. The molecule has 2 rings (SSSR count). The molecular formula is C13H17N3O3. The number of nitrogens with zero attached hydrogens (tertiary/aromatic N) is 1. The quantitative estimate of drug-likeness (QED) is 0.662. The zero-order chi connectivity index (χ0) is 13.8. The van der Waals surface area contributed by atoms with Crippen LogP contribution >= 0.6 is 0 Å². The van der Waals surface area contributed by atoms with Gasteiger partial charge in [-0.25, -0.2) is 4.98 Å². The predicted octanol–water partition coefficient (Wildman–Crippen LogP) is 0.680. The molecule has 1 aromatic carbocycles. The summed E-state index contributed by atoms with van der Waals surface area (Å²) in [4.78, 5) is 14.8. The first-order valence-electron chi connectivity index (χ1n) is 6.11. The molecule has 0 spiro atoms. The Labute approximate surface area is 110 Å². The summed E-state index contributed by atoms with van der Waals surface area (Å²) in [7, 11) is 0. The van der Waals surface area contributed by atoms with Gasteiger partial charge in [-0.05, 0) is 30.7 Å². The van der Waals surface area contributed by atoms with Gasteiger partial charge in [-0.3, -0.25) is 4.79 Å². The van der Waals surface area contributed by atoms with Crippen LogP contribution in [-0.2, 0) is 11.2 Å². The number of nitrogens with one attached hydrogen (secondary N) is 1. The lowest BCUT2D eigenvalue weighted by Gasteiger charge is -2.08. The monoisotopic (exact) mass is 263 g/mol. The normalized spacial score (nSPS) is 12.7. The summed E-state index contributed by atoms with van der Waals surface area (Å²) in [6, 6.07) is 4.99. The molecule has 0 amide bonds. The molecule has 0 aliphatic heterocycles. The molecular weight excluding hydrogens is 246 g/mol. The summed E-state index contributed by atoms with van der Waals surface area (Å²) in [5, 5.41) is 11.7. The fourth-order valence-corrected chi connectivity index (χ4v) is 1.82. The zero-order valence-corrected chi connectivity index (χ0v) is 10.7. The molecule has 1 heterocycles. The lowest BCUT2D eigenvalue weighted by atomic mass is 10.1. The van der Waals surface area contributed by atoms with Gasteiger partial charge >= 0.3 is 5.97 Å². The maximum absolute atomic E-state index is 10.5. The number of aliphatic carboxylic acids is 1. The fourth-order valence-electron chi connectivity index (χ4n) is 1.82. The number of carboxylic acids is 1. The van der Waals surface area contributed by atoms with E-state index in [0.717, 1.165) is 23.1 Å². The second-order valence-corrected chi connectivity index (χ2v) is 4.43. The molecule has 1 aromatic heterocycles. The fraction of sp³-hybridized carbons (Fsp3) is 0.385. The Balaban J connectivity index is 1.86. The molecule has 4 N–H and O–H groups in total. The van der Waals surface area contributed by atoms with Gasteiger partial charge < -0.3 is 20.6 Å². The van der Waals surface area contributed by atoms with Gasteiger partial charge in [-0.2, -0.15) is 0 Å². The molecule has 0 saturated heterocycles. The third-order valence-corrected chi connectivity index (χ3v) is 2.83. The Bertz CT molecular complexity index is 580. The highest BCUT2D eigenvalue weighted by Gasteiger charge is 2.09. The molecule has 0 aliphatic carbocycles. The van der Waals surface area contributed by atoms with Crippen molar-refractivity contribution in [2.24, 2.45) is 5.73 Å². The molecule has 19 heavy (non-hydrogen) atoms. The van der Waals surface area contributed by atoms with Gasteiger partial charge in [0.05, 0.1) is 0 Å². The number of rotatable bonds is 6. The van der Waals surface area contributed by atoms with Crippen LogP contribution in [0.3, 0.4) is 0 Å². The van der Waals surface area contributed by atoms with Crippen LogP contribution in [0.2, 0.25) is 0 Å². The number of nitrogens with two attached hydrogens (primary N) is 1. The zero-order valence-electron chi connectivity index (χ0n) is 10.7. The van der Waals surface area contributed by atoms with E-state index < -0.39 is 12.0 Å². The maximum Gasteiger partial charge on any atom is 0.321 e.